The Kier molecular flexibility index (Phi) is 2.09. The third-order valence-corrected chi connectivity index (χ3v) is 6.95. The molecule has 8 aromatic rings. The number of rotatable bonds is 2. The van der Waals surface area contributed by atoms with Crippen molar-refractivity contribution in [3.63, 3.8) is 0 Å². The van der Waals surface area contributed by atoms with Crippen molar-refractivity contribution in [2.45, 2.75) is 0 Å². The molecule has 7 aromatic carbocycles. The maximum absolute atomic E-state index is 9.87. The topological polar surface area (TPSA) is 14.2 Å². The van der Waals surface area contributed by atoms with Gasteiger partial charge in [0.15, 0.2) is 0 Å². The minimum atomic E-state index is -0.852. The molecule has 2 nitrogen and oxygen atoms in total. The van der Waals surface area contributed by atoms with Crippen molar-refractivity contribution in [3.05, 3.63) is 139 Å². The molecule has 0 spiro atoms. The van der Waals surface area contributed by atoms with Crippen LogP contribution in [0.2, 0.25) is 0 Å². The summed E-state index contributed by atoms with van der Waals surface area (Å²) in [7, 11) is 0. The molecule has 1 aromatic heterocycles. The molecule has 0 N–H and O–H groups in total. The zero-order valence-electron chi connectivity index (χ0n) is 39.2. The Morgan fingerprint density at radius 3 is 2.33 bits per heavy atom. The highest BCUT2D eigenvalue weighted by Gasteiger charge is 2.22. The van der Waals surface area contributed by atoms with Crippen molar-refractivity contribution in [1.29, 1.82) is 0 Å². The molecule has 9 rings (SSSR count). The fraction of sp³-hybridized carbons (Fsp3) is 0. The van der Waals surface area contributed by atoms with Crippen LogP contribution in [-0.4, -0.2) is 4.57 Å². The van der Waals surface area contributed by atoms with Crippen molar-refractivity contribution < 1.29 is 30.8 Å². The van der Waals surface area contributed by atoms with E-state index < -0.39 is 164 Å². The zero-order chi connectivity index (χ0) is 42.7. The summed E-state index contributed by atoms with van der Waals surface area (Å²) in [6.45, 7) is 0. The van der Waals surface area contributed by atoms with Crippen LogP contribution in [0.25, 0.3) is 71.3 Å². The van der Waals surface area contributed by atoms with Crippen LogP contribution in [0.1, 0.15) is 26.0 Å². The summed E-state index contributed by atoms with van der Waals surface area (Å²) in [5.41, 5.74) is -2.25. The third-order valence-electron chi connectivity index (χ3n) is 6.95. The van der Waals surface area contributed by atoms with Gasteiger partial charge in [0.25, 0.3) is 0 Å². The van der Waals surface area contributed by atoms with Crippen LogP contribution in [0, 0.1) is 0 Å². The summed E-state index contributed by atoms with van der Waals surface area (Å²) < 4.78 is 177. The lowest BCUT2D eigenvalue weighted by atomic mass is 9.90. The quantitative estimate of drug-likeness (QED) is 0.218. The molecule has 0 bridgehead atoms. The Hall–Kier alpha value is -5.34. The number of para-hydroxylation sites is 2. The molecule has 0 radical (unpaired) electrons. The molecule has 0 fully saturated rings. The monoisotopic (exact) mass is 528 g/mol. The molecule has 0 atom stereocenters. The van der Waals surface area contributed by atoms with Gasteiger partial charge in [0.1, 0.15) is 11.5 Å². The van der Waals surface area contributed by atoms with Crippen molar-refractivity contribution >= 4 is 43.4 Å². The minimum Gasteiger partial charge on any atom is -0.456 e. The number of benzene rings is 7. The predicted octanol–water partition coefficient (Wildman–Crippen LogP) is 10.5. The highest BCUT2D eigenvalue weighted by Crippen LogP contribution is 2.49. The molecule has 0 amide bonds. The Labute approximate surface area is 258 Å². The van der Waals surface area contributed by atoms with Crippen molar-refractivity contribution in [2.24, 2.45) is 0 Å². The Morgan fingerprint density at radius 1 is 0.550 bits per heavy atom. The van der Waals surface area contributed by atoms with Gasteiger partial charge < -0.3 is 9.30 Å². The van der Waals surface area contributed by atoms with Crippen LogP contribution in [-0.2, 0) is 0 Å². The first-order valence-electron chi connectivity index (χ1n) is 21.7. The molecule has 0 unspecified atom stereocenters. The fourth-order valence-corrected chi connectivity index (χ4v) is 5.26. The van der Waals surface area contributed by atoms with E-state index in [1.54, 1.807) is 24.3 Å². The first kappa shape index (κ1) is 10.3. The third kappa shape index (κ3) is 2.93. The van der Waals surface area contributed by atoms with Gasteiger partial charge in [-0.2, -0.15) is 0 Å². The molecule has 40 heavy (non-hydrogen) atoms. The van der Waals surface area contributed by atoms with Crippen molar-refractivity contribution in [2.75, 3.05) is 0 Å². The number of hydrogen-bond acceptors (Lipinski definition) is 1. The first-order valence-corrected chi connectivity index (χ1v) is 12.2. The van der Waals surface area contributed by atoms with Gasteiger partial charge in [-0.3, -0.25) is 0 Å². The van der Waals surface area contributed by atoms with E-state index in [9.17, 15) is 6.85 Å². The van der Waals surface area contributed by atoms with Gasteiger partial charge in [-0.15, -0.1) is 0 Å². The van der Waals surface area contributed by atoms with Gasteiger partial charge in [0.2, 0.25) is 0 Å². The second-order valence-corrected chi connectivity index (χ2v) is 9.06. The molecule has 0 aliphatic carbocycles. The van der Waals surface area contributed by atoms with Gasteiger partial charge in [-0.25, -0.2) is 0 Å². The number of fused-ring (bicyclic) bond motifs is 7. The lowest BCUT2D eigenvalue weighted by Crippen LogP contribution is -1.97. The van der Waals surface area contributed by atoms with Crippen LogP contribution < -0.4 is 4.74 Å². The van der Waals surface area contributed by atoms with E-state index in [2.05, 4.69) is 0 Å². The van der Waals surface area contributed by atoms with E-state index in [1.165, 1.54) is 0 Å². The molecule has 0 saturated carbocycles. The van der Waals surface area contributed by atoms with Crippen LogP contribution in [0.4, 0.5) is 0 Å². The second kappa shape index (κ2) is 8.08. The number of ether oxygens (including phenoxy) is 1. The Morgan fingerprint density at radius 2 is 1.38 bits per heavy atom. The molecule has 1 aliphatic heterocycles. The summed E-state index contributed by atoms with van der Waals surface area (Å²) in [4.78, 5) is 0. The lowest BCUT2D eigenvalue weighted by molar-refractivity contribution is 0.487. The van der Waals surface area contributed by atoms with Crippen LogP contribution in [0.3, 0.4) is 0 Å². The molecule has 1 aliphatic rings. The summed E-state index contributed by atoms with van der Waals surface area (Å²) >= 11 is 0. The van der Waals surface area contributed by atoms with E-state index in [4.69, 9.17) is 23.9 Å². The van der Waals surface area contributed by atoms with Crippen LogP contribution >= 0.6 is 0 Å². The van der Waals surface area contributed by atoms with Crippen LogP contribution in [0.15, 0.2) is 139 Å². The average molecular weight is 529 g/mol. The van der Waals surface area contributed by atoms with E-state index in [1.807, 2.05) is 0 Å². The minimum absolute atomic E-state index is 0.0448. The van der Waals surface area contributed by atoms with Gasteiger partial charge in [-0.05, 0) is 57.7 Å². The van der Waals surface area contributed by atoms with Crippen LogP contribution in [0.5, 0.6) is 11.5 Å². The summed E-state index contributed by atoms with van der Waals surface area (Å²) in [6.07, 6.45) is 0. The molecular formula is C38H23NO. The standard InChI is InChI=1S/C38H23NO/c1-2-10-26(11-3-1)39-34-23-25(18-19-29(34)33-20-17-24-9-4-5-12-28(24)38(33)39)27-21-22-36-37-31(27)14-8-15-32(37)30-13-6-7-16-35(30)40-36/h1-23H/i1D,2D,3D,4D,5D,8D,9D,10D,11D,12D,14D,15D,17D,18D,19D,20D,21D,22D,23D. The van der Waals surface area contributed by atoms with E-state index in [0.717, 1.165) is 4.57 Å². The van der Waals surface area contributed by atoms with Gasteiger partial charge >= 0.3 is 0 Å². The maximum atomic E-state index is 9.87. The second-order valence-electron chi connectivity index (χ2n) is 9.06. The number of nitrogens with zero attached hydrogens (tertiary/aromatic N) is 1. The first-order chi connectivity index (χ1) is 27.8. The number of hydrogen-bond donors (Lipinski definition) is 0. The predicted molar refractivity (Wildman–Crippen MR) is 167 cm³/mol. The molecule has 186 valence electrons. The summed E-state index contributed by atoms with van der Waals surface area (Å²) in [5, 5.41) is -2.07. The molecular weight excluding hydrogens is 486 g/mol. The van der Waals surface area contributed by atoms with Gasteiger partial charge in [0, 0.05) is 32.8 Å². The largest absolute Gasteiger partial charge is 0.456 e. The Bertz CT molecular complexity index is 3330. The SMILES string of the molecule is [2H]c1c([2H])c([2H])c(-n2c3c([2H])c(-c4c([2H])c([2H])c5c6c(c([2H])c([2H])c([2H])c46)-c4ccccc4O5)c([2H])c([2H])c3c3c([2H])c([2H])c4c([2H])c([2H])c([2H])c([2H])c4c32)c([2H])c1[2H]. The summed E-state index contributed by atoms with van der Waals surface area (Å²) in [6, 6.07) is -7.48. The smallest absolute Gasteiger partial charge is 0.135 e. The summed E-state index contributed by atoms with van der Waals surface area (Å²) in [5.74, 6) is -0.0246. The molecule has 0 saturated heterocycles. The molecule has 2 heterocycles. The number of aromatic nitrogens is 1. The van der Waals surface area contributed by atoms with Gasteiger partial charge in [-0.1, -0.05) is 109 Å². The molecule has 2 heteroatoms. The van der Waals surface area contributed by atoms with E-state index in [0.29, 0.717) is 5.56 Å². The van der Waals surface area contributed by atoms with Gasteiger partial charge in [0.05, 0.1) is 37.1 Å². The highest BCUT2D eigenvalue weighted by molar-refractivity contribution is 6.19. The fourth-order valence-electron chi connectivity index (χ4n) is 5.26. The van der Waals surface area contributed by atoms with Crippen molar-refractivity contribution in [3.8, 4) is 39.4 Å². The average Bonchev–Trinajstić information content (AvgIpc) is 3.57. The highest BCUT2D eigenvalue weighted by atomic mass is 16.5. The van der Waals surface area contributed by atoms with Crippen molar-refractivity contribution in [1.82, 2.24) is 4.57 Å². The van der Waals surface area contributed by atoms with E-state index >= 15 is 0 Å². The zero-order valence-corrected chi connectivity index (χ0v) is 20.2. The maximum Gasteiger partial charge on any atom is 0.135 e. The lowest BCUT2D eigenvalue weighted by Gasteiger charge is -2.22. The van der Waals surface area contributed by atoms with E-state index in [-0.39, 0.29) is 27.8 Å². The normalized spacial score (nSPS) is 18.9. The Balaban J connectivity index is 1.61.